The van der Waals surface area contributed by atoms with Crippen LogP contribution in [0.5, 0.6) is 0 Å². The second kappa shape index (κ2) is 7.71. The summed E-state index contributed by atoms with van der Waals surface area (Å²) in [6, 6.07) is 5.29. The number of carboxylic acid groups (broad SMARTS) is 1. The van der Waals surface area contributed by atoms with Crippen LogP contribution >= 0.6 is 0 Å². The van der Waals surface area contributed by atoms with Gasteiger partial charge in [-0.3, -0.25) is 9.97 Å². The Bertz CT molecular complexity index is 929. The molecule has 3 heterocycles. The molecule has 3 rings (SSSR count). The predicted molar refractivity (Wildman–Crippen MR) is 101 cm³/mol. The molecule has 1 atom stereocenters. The Balaban J connectivity index is 1.79. The Morgan fingerprint density at radius 1 is 1.22 bits per heavy atom. The van der Waals surface area contributed by atoms with E-state index in [1.54, 1.807) is 18.5 Å². The van der Waals surface area contributed by atoms with Crippen molar-refractivity contribution in [1.82, 2.24) is 18.6 Å². The maximum absolute atomic E-state index is 12.4. The van der Waals surface area contributed by atoms with Crippen LogP contribution in [0.2, 0.25) is 0 Å². The molecule has 8 nitrogen and oxygen atoms in total. The van der Waals surface area contributed by atoms with E-state index in [9.17, 15) is 13.2 Å². The van der Waals surface area contributed by atoms with Gasteiger partial charge in [-0.05, 0) is 25.0 Å². The van der Waals surface area contributed by atoms with Crippen LogP contribution in [-0.2, 0) is 10.2 Å². The number of hydrogen-bond acceptors (Lipinski definition) is 5. The lowest BCUT2D eigenvalue weighted by Gasteiger charge is -2.33. The zero-order valence-electron chi connectivity index (χ0n) is 15.2. The van der Waals surface area contributed by atoms with Crippen LogP contribution in [0.3, 0.4) is 0 Å². The highest BCUT2D eigenvalue weighted by molar-refractivity contribution is 7.86. The van der Waals surface area contributed by atoms with Gasteiger partial charge in [-0.2, -0.15) is 17.0 Å². The monoisotopic (exact) mass is 390 g/mol. The van der Waals surface area contributed by atoms with E-state index in [2.05, 4.69) is 9.97 Å². The number of piperidine rings is 1. The van der Waals surface area contributed by atoms with Crippen molar-refractivity contribution in [2.24, 2.45) is 0 Å². The van der Waals surface area contributed by atoms with Crippen LogP contribution in [-0.4, -0.2) is 65.3 Å². The van der Waals surface area contributed by atoms with E-state index < -0.39 is 16.2 Å². The van der Waals surface area contributed by atoms with Gasteiger partial charge < -0.3 is 5.11 Å². The van der Waals surface area contributed by atoms with Crippen molar-refractivity contribution in [3.05, 3.63) is 48.0 Å². The Labute approximate surface area is 158 Å². The second-order valence-electron chi connectivity index (χ2n) is 6.73. The summed E-state index contributed by atoms with van der Waals surface area (Å²) in [5, 5.41) is 9.09. The maximum atomic E-state index is 12.4. The third kappa shape index (κ3) is 4.15. The number of rotatable bonds is 5. The van der Waals surface area contributed by atoms with Gasteiger partial charge in [0.2, 0.25) is 0 Å². The van der Waals surface area contributed by atoms with Crippen LogP contribution < -0.4 is 0 Å². The molecule has 0 amide bonds. The van der Waals surface area contributed by atoms with E-state index >= 15 is 0 Å². The summed E-state index contributed by atoms with van der Waals surface area (Å²) in [6.45, 7) is 0.922. The molecule has 1 unspecified atom stereocenters. The van der Waals surface area contributed by atoms with Crippen molar-refractivity contribution in [2.45, 2.75) is 18.8 Å². The molecule has 1 fully saturated rings. The first-order chi connectivity index (χ1) is 12.8. The third-order valence-electron chi connectivity index (χ3n) is 4.70. The zero-order valence-corrected chi connectivity index (χ0v) is 16.1. The summed E-state index contributed by atoms with van der Waals surface area (Å²) in [5.74, 6) is -0.996. The lowest BCUT2D eigenvalue weighted by molar-refractivity contribution is 0.0696. The number of hydrogen-bond donors (Lipinski definition) is 1. The standard InChI is InChI=1S/C18H22N4O4S/c1-21(2)27(25,26)22-7-3-4-14(12-22)17-6-5-13(11-20-17)15-8-16(18(23)24)10-19-9-15/h5-6,8-11,14H,3-4,7,12H2,1-2H3,(H,23,24). The Hall–Kier alpha value is -2.36. The van der Waals surface area contributed by atoms with Crippen LogP contribution in [0.25, 0.3) is 11.1 Å². The van der Waals surface area contributed by atoms with Crippen molar-refractivity contribution in [3.63, 3.8) is 0 Å². The minimum absolute atomic E-state index is 0.0333. The van der Waals surface area contributed by atoms with Gasteiger partial charge in [-0.15, -0.1) is 0 Å². The minimum atomic E-state index is -3.43. The molecule has 2 aromatic heterocycles. The maximum Gasteiger partial charge on any atom is 0.337 e. The Morgan fingerprint density at radius 2 is 2.00 bits per heavy atom. The van der Waals surface area contributed by atoms with Crippen molar-refractivity contribution < 1.29 is 18.3 Å². The van der Waals surface area contributed by atoms with Gasteiger partial charge in [0.1, 0.15) is 0 Å². The number of aromatic nitrogens is 2. The van der Waals surface area contributed by atoms with Crippen molar-refractivity contribution in [1.29, 1.82) is 0 Å². The summed E-state index contributed by atoms with van der Waals surface area (Å²) >= 11 is 0. The van der Waals surface area contributed by atoms with Gasteiger partial charge in [-0.1, -0.05) is 6.07 Å². The summed E-state index contributed by atoms with van der Waals surface area (Å²) < 4.78 is 27.5. The van der Waals surface area contributed by atoms with Crippen LogP contribution in [0.4, 0.5) is 0 Å². The van der Waals surface area contributed by atoms with Gasteiger partial charge in [-0.25, -0.2) is 4.79 Å². The average Bonchev–Trinajstić information content (AvgIpc) is 2.68. The van der Waals surface area contributed by atoms with E-state index in [-0.39, 0.29) is 11.5 Å². The van der Waals surface area contributed by atoms with Crippen molar-refractivity contribution in [3.8, 4) is 11.1 Å². The van der Waals surface area contributed by atoms with Gasteiger partial charge in [0, 0.05) is 68.5 Å². The van der Waals surface area contributed by atoms with Crippen LogP contribution in [0.1, 0.15) is 34.8 Å². The van der Waals surface area contributed by atoms with Gasteiger partial charge in [0.05, 0.1) is 5.56 Å². The molecule has 1 saturated heterocycles. The topological polar surface area (TPSA) is 104 Å². The fourth-order valence-electron chi connectivity index (χ4n) is 3.16. The molecule has 0 aliphatic carbocycles. The third-order valence-corrected chi connectivity index (χ3v) is 6.60. The largest absolute Gasteiger partial charge is 0.478 e. The van der Waals surface area contributed by atoms with E-state index in [0.717, 1.165) is 24.1 Å². The molecule has 0 aromatic carbocycles. The molecular formula is C18H22N4O4S. The fourth-order valence-corrected chi connectivity index (χ4v) is 4.35. The van der Waals surface area contributed by atoms with Gasteiger partial charge in [0.15, 0.2) is 0 Å². The first kappa shape index (κ1) is 19.4. The number of nitrogens with zero attached hydrogens (tertiary/aromatic N) is 4. The molecule has 0 saturated carbocycles. The number of pyridine rings is 2. The van der Waals surface area contributed by atoms with Gasteiger partial charge in [0.25, 0.3) is 10.2 Å². The van der Waals surface area contributed by atoms with Gasteiger partial charge >= 0.3 is 5.97 Å². The van der Waals surface area contributed by atoms with Crippen molar-refractivity contribution >= 4 is 16.2 Å². The zero-order chi connectivity index (χ0) is 19.6. The molecule has 0 radical (unpaired) electrons. The van der Waals surface area contributed by atoms with Crippen LogP contribution in [0, 0.1) is 0 Å². The van der Waals surface area contributed by atoms with E-state index in [1.807, 2.05) is 12.1 Å². The highest BCUT2D eigenvalue weighted by atomic mass is 32.2. The highest BCUT2D eigenvalue weighted by Gasteiger charge is 2.31. The molecule has 1 aliphatic rings. The number of carbonyl (C=O) groups is 1. The molecule has 0 spiro atoms. The normalized spacial score (nSPS) is 18.6. The minimum Gasteiger partial charge on any atom is -0.478 e. The van der Waals surface area contributed by atoms with Crippen LogP contribution in [0.15, 0.2) is 36.8 Å². The lowest BCUT2D eigenvalue weighted by atomic mass is 9.95. The molecule has 9 heteroatoms. The molecule has 0 bridgehead atoms. The summed E-state index contributed by atoms with van der Waals surface area (Å²) in [4.78, 5) is 19.6. The molecule has 2 aromatic rings. The average molecular weight is 390 g/mol. The molecule has 27 heavy (non-hydrogen) atoms. The molecular weight excluding hydrogens is 368 g/mol. The summed E-state index contributed by atoms with van der Waals surface area (Å²) in [7, 11) is -0.364. The van der Waals surface area contributed by atoms with Crippen molar-refractivity contribution in [2.75, 3.05) is 27.2 Å². The first-order valence-electron chi connectivity index (χ1n) is 8.61. The second-order valence-corrected chi connectivity index (χ2v) is 8.87. The molecule has 144 valence electrons. The van der Waals surface area contributed by atoms with E-state index in [0.29, 0.717) is 18.7 Å². The summed E-state index contributed by atoms with van der Waals surface area (Å²) in [6.07, 6.45) is 6.23. The highest BCUT2D eigenvalue weighted by Crippen LogP contribution is 2.29. The first-order valence-corrected chi connectivity index (χ1v) is 10.0. The quantitative estimate of drug-likeness (QED) is 0.835. The van der Waals surface area contributed by atoms with E-state index in [1.165, 1.54) is 28.9 Å². The lowest BCUT2D eigenvalue weighted by Crippen LogP contribution is -2.45. The fraction of sp³-hybridized carbons (Fsp3) is 0.389. The molecule has 1 aliphatic heterocycles. The Morgan fingerprint density at radius 3 is 2.63 bits per heavy atom. The molecule has 1 N–H and O–H groups in total. The Kier molecular flexibility index (Phi) is 5.54. The summed E-state index contributed by atoms with van der Waals surface area (Å²) in [5.41, 5.74) is 2.39. The number of aromatic carboxylic acids is 1. The van der Waals surface area contributed by atoms with E-state index in [4.69, 9.17) is 5.11 Å². The predicted octanol–water partition coefficient (Wildman–Crippen LogP) is 1.83. The smallest absolute Gasteiger partial charge is 0.337 e. The number of carboxylic acids is 1. The SMILES string of the molecule is CN(C)S(=O)(=O)N1CCCC(c2ccc(-c3cncc(C(=O)O)c3)cn2)C1.